The van der Waals surface area contributed by atoms with Crippen LogP contribution in [0.2, 0.25) is 0 Å². The molecule has 1 saturated heterocycles. The third-order valence-electron chi connectivity index (χ3n) is 5.92. The van der Waals surface area contributed by atoms with Gasteiger partial charge in [0.25, 0.3) is 11.8 Å². The summed E-state index contributed by atoms with van der Waals surface area (Å²) in [6.07, 6.45) is 1.41. The molecular formula is C28H26N2O6. The van der Waals surface area contributed by atoms with Crippen molar-refractivity contribution in [2.45, 2.75) is 20.5 Å². The molecule has 1 heterocycles. The van der Waals surface area contributed by atoms with Crippen LogP contribution >= 0.6 is 0 Å². The molecule has 0 bridgehead atoms. The van der Waals surface area contributed by atoms with E-state index in [1.165, 1.54) is 25.9 Å². The highest BCUT2D eigenvalue weighted by Gasteiger charge is 2.37. The molecule has 0 saturated carbocycles. The second kappa shape index (κ2) is 10.4. The highest BCUT2D eigenvalue weighted by molar-refractivity contribution is 6.39. The van der Waals surface area contributed by atoms with Gasteiger partial charge >= 0.3 is 6.03 Å². The van der Waals surface area contributed by atoms with E-state index in [2.05, 4.69) is 5.32 Å². The highest BCUT2D eigenvalue weighted by Crippen LogP contribution is 2.30. The standard InChI is InChI=1S/C28H26N2O6/c1-17-5-6-19(13-18(17)2)16-36-25-15-23(35-4)10-7-20(25)14-24-26(31)29-28(33)30(27(24)32)21-8-11-22(34-3)12-9-21/h5-15H,16H2,1-4H3,(H,29,31,33)/b24-14+. The number of urea groups is 1. The summed E-state index contributed by atoms with van der Waals surface area (Å²) in [5.74, 6) is 0.0186. The van der Waals surface area contributed by atoms with Crippen LogP contribution in [-0.2, 0) is 16.2 Å². The summed E-state index contributed by atoms with van der Waals surface area (Å²) in [7, 11) is 3.05. The van der Waals surface area contributed by atoms with Gasteiger partial charge < -0.3 is 14.2 Å². The molecule has 36 heavy (non-hydrogen) atoms. The van der Waals surface area contributed by atoms with Crippen LogP contribution in [0.1, 0.15) is 22.3 Å². The van der Waals surface area contributed by atoms with Gasteiger partial charge in [-0.2, -0.15) is 0 Å². The first-order valence-corrected chi connectivity index (χ1v) is 11.2. The van der Waals surface area contributed by atoms with Crippen LogP contribution in [0.15, 0.2) is 66.2 Å². The van der Waals surface area contributed by atoms with Crippen molar-refractivity contribution in [3.8, 4) is 17.2 Å². The molecule has 1 aliphatic heterocycles. The van der Waals surface area contributed by atoms with Crippen molar-refractivity contribution in [2.75, 3.05) is 19.1 Å². The molecule has 1 aliphatic rings. The molecule has 1 N–H and O–H groups in total. The topological polar surface area (TPSA) is 94.2 Å². The number of nitrogens with zero attached hydrogens (tertiary/aromatic N) is 1. The quantitative estimate of drug-likeness (QED) is 0.389. The van der Waals surface area contributed by atoms with E-state index < -0.39 is 17.8 Å². The van der Waals surface area contributed by atoms with Crippen LogP contribution in [0.3, 0.4) is 0 Å². The maximum Gasteiger partial charge on any atom is 0.335 e. The Kier molecular flexibility index (Phi) is 7.05. The van der Waals surface area contributed by atoms with E-state index in [0.717, 1.165) is 16.0 Å². The predicted molar refractivity (Wildman–Crippen MR) is 135 cm³/mol. The van der Waals surface area contributed by atoms with Crippen LogP contribution < -0.4 is 24.4 Å². The number of aryl methyl sites for hydroxylation is 2. The lowest BCUT2D eigenvalue weighted by molar-refractivity contribution is -0.122. The van der Waals surface area contributed by atoms with Gasteiger partial charge in [0.05, 0.1) is 19.9 Å². The summed E-state index contributed by atoms with van der Waals surface area (Å²) in [5, 5.41) is 2.23. The zero-order valence-electron chi connectivity index (χ0n) is 20.5. The van der Waals surface area contributed by atoms with E-state index >= 15 is 0 Å². The number of hydrogen-bond donors (Lipinski definition) is 1. The van der Waals surface area contributed by atoms with Crippen LogP contribution in [0, 0.1) is 13.8 Å². The fraction of sp³-hybridized carbons (Fsp3) is 0.179. The van der Waals surface area contributed by atoms with E-state index in [0.29, 0.717) is 28.5 Å². The molecule has 0 unspecified atom stereocenters. The fourth-order valence-corrected chi connectivity index (χ4v) is 3.72. The lowest BCUT2D eigenvalue weighted by Crippen LogP contribution is -2.54. The normalized spacial score (nSPS) is 14.6. The number of carbonyl (C=O) groups is 3. The molecule has 3 aromatic rings. The van der Waals surface area contributed by atoms with Gasteiger partial charge in [-0.1, -0.05) is 18.2 Å². The van der Waals surface area contributed by atoms with Gasteiger partial charge in [-0.05, 0) is 73.0 Å². The monoisotopic (exact) mass is 486 g/mol. The zero-order valence-corrected chi connectivity index (χ0v) is 20.5. The number of barbiturate groups is 1. The molecule has 0 spiro atoms. The number of ether oxygens (including phenoxy) is 3. The third kappa shape index (κ3) is 5.07. The minimum Gasteiger partial charge on any atom is -0.497 e. The molecule has 4 rings (SSSR count). The number of amides is 4. The van der Waals surface area contributed by atoms with Crippen molar-refractivity contribution in [3.63, 3.8) is 0 Å². The Hall–Kier alpha value is -4.59. The maximum atomic E-state index is 13.3. The summed E-state index contributed by atoms with van der Waals surface area (Å²) in [6.45, 7) is 4.35. The van der Waals surface area contributed by atoms with E-state index in [1.54, 1.807) is 42.5 Å². The fourth-order valence-electron chi connectivity index (χ4n) is 3.72. The Morgan fingerprint density at radius 1 is 0.833 bits per heavy atom. The van der Waals surface area contributed by atoms with Crippen LogP contribution in [0.4, 0.5) is 10.5 Å². The highest BCUT2D eigenvalue weighted by atomic mass is 16.5. The average Bonchev–Trinajstić information content (AvgIpc) is 2.88. The summed E-state index contributed by atoms with van der Waals surface area (Å²) in [4.78, 5) is 39.3. The van der Waals surface area contributed by atoms with E-state index in [-0.39, 0.29) is 12.2 Å². The Labute approximate surface area is 209 Å². The molecule has 0 radical (unpaired) electrons. The number of anilines is 1. The van der Waals surface area contributed by atoms with Gasteiger partial charge in [0, 0.05) is 11.6 Å². The van der Waals surface area contributed by atoms with Crippen molar-refractivity contribution in [1.82, 2.24) is 5.32 Å². The van der Waals surface area contributed by atoms with E-state index in [9.17, 15) is 14.4 Å². The van der Waals surface area contributed by atoms with Crippen LogP contribution in [0.25, 0.3) is 6.08 Å². The lowest BCUT2D eigenvalue weighted by Gasteiger charge is -2.26. The van der Waals surface area contributed by atoms with E-state index in [4.69, 9.17) is 14.2 Å². The molecule has 184 valence electrons. The molecule has 0 aromatic heterocycles. The number of carbonyl (C=O) groups excluding carboxylic acids is 3. The second-order valence-electron chi connectivity index (χ2n) is 8.27. The lowest BCUT2D eigenvalue weighted by atomic mass is 10.1. The summed E-state index contributed by atoms with van der Waals surface area (Å²) in [5.41, 5.74) is 3.90. The number of nitrogens with one attached hydrogen (secondary N) is 1. The predicted octanol–water partition coefficient (Wildman–Crippen LogP) is 4.57. The van der Waals surface area contributed by atoms with Crippen LogP contribution in [-0.4, -0.2) is 32.1 Å². The van der Waals surface area contributed by atoms with E-state index in [1.807, 2.05) is 32.0 Å². The van der Waals surface area contributed by atoms with Gasteiger partial charge in [-0.3, -0.25) is 14.9 Å². The molecule has 0 atom stereocenters. The second-order valence-corrected chi connectivity index (χ2v) is 8.27. The third-order valence-corrected chi connectivity index (χ3v) is 5.92. The summed E-state index contributed by atoms with van der Waals surface area (Å²) in [6, 6.07) is 16.7. The Bertz CT molecular complexity index is 1360. The van der Waals surface area contributed by atoms with Gasteiger partial charge in [-0.25, -0.2) is 9.69 Å². The smallest absolute Gasteiger partial charge is 0.335 e. The minimum absolute atomic E-state index is 0.202. The molecule has 0 aliphatic carbocycles. The first-order chi connectivity index (χ1) is 17.3. The van der Waals surface area contributed by atoms with Gasteiger partial charge in [0.15, 0.2) is 0 Å². The molecular weight excluding hydrogens is 460 g/mol. The van der Waals surface area contributed by atoms with Crippen molar-refractivity contribution >= 4 is 29.6 Å². The largest absolute Gasteiger partial charge is 0.497 e. The van der Waals surface area contributed by atoms with Gasteiger partial charge in [0.1, 0.15) is 29.4 Å². The Morgan fingerprint density at radius 3 is 2.19 bits per heavy atom. The maximum absolute atomic E-state index is 13.3. The number of hydrogen-bond acceptors (Lipinski definition) is 6. The molecule has 8 heteroatoms. The minimum atomic E-state index is -0.826. The number of rotatable bonds is 7. The number of imide groups is 2. The molecule has 4 amide bonds. The Morgan fingerprint density at radius 2 is 1.53 bits per heavy atom. The van der Waals surface area contributed by atoms with Gasteiger partial charge in [0.2, 0.25) is 0 Å². The van der Waals surface area contributed by atoms with Crippen molar-refractivity contribution in [3.05, 3.63) is 88.5 Å². The average molecular weight is 487 g/mol. The molecule has 3 aromatic carbocycles. The van der Waals surface area contributed by atoms with Crippen LogP contribution in [0.5, 0.6) is 17.2 Å². The summed E-state index contributed by atoms with van der Waals surface area (Å²) < 4.78 is 16.5. The van der Waals surface area contributed by atoms with Crippen molar-refractivity contribution < 1.29 is 28.6 Å². The van der Waals surface area contributed by atoms with Crippen molar-refractivity contribution in [2.24, 2.45) is 0 Å². The number of methoxy groups -OCH3 is 2. The SMILES string of the molecule is COc1ccc(N2C(=O)NC(=O)/C(=C\c3ccc(OC)cc3OCc3ccc(C)c(C)c3)C2=O)cc1. The Balaban J connectivity index is 1.67. The first-order valence-electron chi connectivity index (χ1n) is 11.2. The van der Waals surface area contributed by atoms with Crippen molar-refractivity contribution in [1.29, 1.82) is 0 Å². The molecule has 8 nitrogen and oxygen atoms in total. The zero-order chi connectivity index (χ0) is 25.8. The van der Waals surface area contributed by atoms with Gasteiger partial charge in [-0.15, -0.1) is 0 Å². The first kappa shape index (κ1) is 24.5. The molecule has 1 fully saturated rings. The number of benzene rings is 3. The summed E-state index contributed by atoms with van der Waals surface area (Å²) >= 11 is 0.